The van der Waals surface area contributed by atoms with Crippen LogP contribution in [-0.4, -0.2) is 25.0 Å². The van der Waals surface area contributed by atoms with Crippen LogP contribution in [0.1, 0.15) is 15.9 Å². The third kappa shape index (κ3) is 4.29. The Labute approximate surface area is 133 Å². The second-order valence-corrected chi connectivity index (χ2v) is 4.95. The Hall–Kier alpha value is -2.89. The average Bonchev–Trinajstić information content (AvgIpc) is 2.54. The molecule has 0 bridgehead atoms. The topological polar surface area (TPSA) is 81.4 Å². The predicted octanol–water partition coefficient (Wildman–Crippen LogP) is 1.66. The summed E-state index contributed by atoms with van der Waals surface area (Å²) >= 11 is 0. The molecule has 0 fully saturated rings. The molecule has 0 aliphatic carbocycles. The fourth-order valence-corrected chi connectivity index (χ4v) is 2.19. The molecule has 1 atom stereocenters. The van der Waals surface area contributed by atoms with Crippen LogP contribution in [0.25, 0.3) is 0 Å². The zero-order chi connectivity index (χ0) is 16.8. The number of amides is 2. The van der Waals surface area contributed by atoms with E-state index >= 15 is 0 Å². The lowest BCUT2D eigenvalue weighted by atomic mass is 10.0. The van der Waals surface area contributed by atoms with Gasteiger partial charge in [-0.05, 0) is 29.8 Å². The van der Waals surface area contributed by atoms with Crippen LogP contribution in [0.15, 0.2) is 48.5 Å². The Kier molecular flexibility index (Phi) is 5.30. The van der Waals surface area contributed by atoms with Crippen LogP contribution in [0, 0.1) is 5.82 Å². The summed E-state index contributed by atoms with van der Waals surface area (Å²) in [4.78, 5) is 23.8. The van der Waals surface area contributed by atoms with Crippen LogP contribution < -0.4 is 15.8 Å². The zero-order valence-corrected chi connectivity index (χ0v) is 12.6. The molecule has 0 aliphatic heterocycles. The number of hydrogen-bond donors (Lipinski definition) is 2. The Morgan fingerprint density at radius 1 is 1.22 bits per heavy atom. The molecular weight excluding hydrogens is 299 g/mol. The minimum absolute atomic E-state index is 0.122. The first-order chi connectivity index (χ1) is 11.0. The summed E-state index contributed by atoms with van der Waals surface area (Å²) in [7, 11) is 1.52. The minimum atomic E-state index is -0.929. The van der Waals surface area contributed by atoms with E-state index in [4.69, 9.17) is 10.5 Å². The summed E-state index contributed by atoms with van der Waals surface area (Å²) in [5.74, 6) is -1.18. The minimum Gasteiger partial charge on any atom is -0.496 e. The molecule has 2 amide bonds. The van der Waals surface area contributed by atoms with Crippen molar-refractivity contribution >= 4 is 11.8 Å². The third-order valence-corrected chi connectivity index (χ3v) is 3.35. The number of nitrogens with one attached hydrogen (secondary N) is 1. The first kappa shape index (κ1) is 16.5. The number of nitrogens with two attached hydrogens (primary N) is 1. The molecule has 0 aromatic heterocycles. The maximum atomic E-state index is 13.2. The van der Waals surface area contributed by atoms with E-state index in [0.717, 1.165) is 11.6 Å². The average molecular weight is 316 g/mol. The van der Waals surface area contributed by atoms with E-state index in [-0.39, 0.29) is 12.0 Å². The third-order valence-electron chi connectivity index (χ3n) is 3.35. The van der Waals surface area contributed by atoms with Crippen molar-refractivity contribution in [2.45, 2.75) is 12.5 Å². The predicted molar refractivity (Wildman–Crippen MR) is 83.5 cm³/mol. The number of primary amides is 1. The summed E-state index contributed by atoms with van der Waals surface area (Å²) in [6, 6.07) is 11.4. The van der Waals surface area contributed by atoms with Gasteiger partial charge in [0, 0.05) is 12.0 Å². The molecule has 6 heteroatoms. The van der Waals surface area contributed by atoms with Gasteiger partial charge in [-0.15, -0.1) is 0 Å². The van der Waals surface area contributed by atoms with E-state index in [1.807, 2.05) is 0 Å². The van der Waals surface area contributed by atoms with Crippen molar-refractivity contribution in [3.8, 4) is 5.75 Å². The van der Waals surface area contributed by atoms with E-state index in [1.54, 1.807) is 24.3 Å². The molecule has 0 unspecified atom stereocenters. The van der Waals surface area contributed by atoms with Gasteiger partial charge in [-0.25, -0.2) is 4.39 Å². The number of carbonyl (C=O) groups is 2. The normalized spacial score (nSPS) is 11.6. The summed E-state index contributed by atoms with van der Waals surface area (Å²) in [5.41, 5.74) is 6.22. The standard InChI is InChI=1S/C17H17FN2O3/c1-23-15-8-3-2-5-11(15)10-14(16(19)21)20-17(22)12-6-4-7-13(18)9-12/h2-9,14H,10H2,1H3,(H2,19,21)(H,20,22)/t14-/m1/s1. The maximum Gasteiger partial charge on any atom is 0.252 e. The van der Waals surface area contributed by atoms with Gasteiger partial charge < -0.3 is 15.8 Å². The van der Waals surface area contributed by atoms with Crippen molar-refractivity contribution in [1.29, 1.82) is 0 Å². The number of hydrogen-bond acceptors (Lipinski definition) is 3. The summed E-state index contributed by atoms with van der Waals surface area (Å²) in [5, 5.41) is 2.52. The highest BCUT2D eigenvalue weighted by Gasteiger charge is 2.21. The summed E-state index contributed by atoms with van der Waals surface area (Å²) in [6.07, 6.45) is 0.181. The molecule has 2 aromatic carbocycles. The van der Waals surface area contributed by atoms with Gasteiger partial charge in [0.25, 0.3) is 5.91 Å². The van der Waals surface area contributed by atoms with Crippen LogP contribution in [-0.2, 0) is 11.2 Å². The van der Waals surface area contributed by atoms with Crippen LogP contribution in [0.2, 0.25) is 0 Å². The lowest BCUT2D eigenvalue weighted by Crippen LogP contribution is -2.45. The van der Waals surface area contributed by atoms with Crippen molar-refractivity contribution < 1.29 is 18.7 Å². The zero-order valence-electron chi connectivity index (χ0n) is 12.6. The molecule has 120 valence electrons. The van der Waals surface area contributed by atoms with Gasteiger partial charge in [-0.2, -0.15) is 0 Å². The first-order valence-electron chi connectivity index (χ1n) is 6.99. The monoisotopic (exact) mass is 316 g/mol. The van der Waals surface area contributed by atoms with Crippen LogP contribution in [0.5, 0.6) is 5.75 Å². The molecule has 2 rings (SSSR count). The lowest BCUT2D eigenvalue weighted by Gasteiger charge is -2.17. The first-order valence-corrected chi connectivity index (χ1v) is 6.99. The maximum absolute atomic E-state index is 13.2. The van der Waals surface area contributed by atoms with Crippen molar-refractivity contribution in [3.05, 3.63) is 65.5 Å². The molecule has 2 aromatic rings. The molecule has 0 saturated heterocycles. The second-order valence-electron chi connectivity index (χ2n) is 4.95. The number of halogens is 1. The molecule has 23 heavy (non-hydrogen) atoms. The van der Waals surface area contributed by atoms with Gasteiger partial charge in [-0.3, -0.25) is 9.59 Å². The highest BCUT2D eigenvalue weighted by molar-refractivity contribution is 5.97. The lowest BCUT2D eigenvalue weighted by molar-refractivity contribution is -0.119. The Balaban J connectivity index is 2.16. The number of carbonyl (C=O) groups excluding carboxylic acids is 2. The molecular formula is C17H17FN2O3. The highest BCUT2D eigenvalue weighted by Crippen LogP contribution is 2.19. The van der Waals surface area contributed by atoms with Crippen molar-refractivity contribution in [1.82, 2.24) is 5.32 Å². The molecule has 5 nitrogen and oxygen atoms in total. The van der Waals surface area contributed by atoms with Crippen molar-refractivity contribution in [3.63, 3.8) is 0 Å². The van der Waals surface area contributed by atoms with E-state index in [9.17, 15) is 14.0 Å². The van der Waals surface area contributed by atoms with Crippen LogP contribution in [0.4, 0.5) is 4.39 Å². The fourth-order valence-electron chi connectivity index (χ4n) is 2.19. The Morgan fingerprint density at radius 3 is 2.61 bits per heavy atom. The van der Waals surface area contributed by atoms with E-state index in [0.29, 0.717) is 5.75 Å². The van der Waals surface area contributed by atoms with Gasteiger partial charge in [0.05, 0.1) is 7.11 Å². The van der Waals surface area contributed by atoms with Crippen molar-refractivity contribution in [2.75, 3.05) is 7.11 Å². The Bertz CT molecular complexity index is 718. The van der Waals surface area contributed by atoms with Crippen LogP contribution >= 0.6 is 0 Å². The molecule has 0 heterocycles. The molecule has 0 spiro atoms. The van der Waals surface area contributed by atoms with E-state index in [1.165, 1.54) is 25.3 Å². The molecule has 0 radical (unpaired) electrons. The van der Waals surface area contributed by atoms with Crippen molar-refractivity contribution in [2.24, 2.45) is 5.73 Å². The number of methoxy groups -OCH3 is 1. The molecule has 3 N–H and O–H groups in total. The fraction of sp³-hybridized carbons (Fsp3) is 0.176. The summed E-state index contributed by atoms with van der Waals surface area (Å²) < 4.78 is 18.4. The van der Waals surface area contributed by atoms with Gasteiger partial charge in [0.15, 0.2) is 0 Å². The number of benzene rings is 2. The second kappa shape index (κ2) is 7.40. The van der Waals surface area contributed by atoms with Crippen LogP contribution in [0.3, 0.4) is 0 Å². The van der Waals surface area contributed by atoms with Gasteiger partial charge in [0.1, 0.15) is 17.6 Å². The highest BCUT2D eigenvalue weighted by atomic mass is 19.1. The SMILES string of the molecule is COc1ccccc1C[C@@H](NC(=O)c1cccc(F)c1)C(N)=O. The smallest absolute Gasteiger partial charge is 0.252 e. The molecule has 0 aliphatic rings. The van der Waals surface area contributed by atoms with E-state index < -0.39 is 23.7 Å². The summed E-state index contributed by atoms with van der Waals surface area (Å²) in [6.45, 7) is 0. The quantitative estimate of drug-likeness (QED) is 0.850. The number of ether oxygens (including phenoxy) is 1. The van der Waals surface area contributed by atoms with Gasteiger partial charge >= 0.3 is 0 Å². The van der Waals surface area contributed by atoms with E-state index in [2.05, 4.69) is 5.32 Å². The van der Waals surface area contributed by atoms with Gasteiger partial charge in [0.2, 0.25) is 5.91 Å². The number of rotatable bonds is 6. The number of para-hydroxylation sites is 1. The Morgan fingerprint density at radius 2 is 1.96 bits per heavy atom. The largest absolute Gasteiger partial charge is 0.496 e. The van der Waals surface area contributed by atoms with Gasteiger partial charge in [-0.1, -0.05) is 24.3 Å². The molecule has 0 saturated carbocycles.